The lowest BCUT2D eigenvalue weighted by atomic mass is 9.71. The van der Waals surface area contributed by atoms with Gasteiger partial charge in [-0.05, 0) is 63.3 Å². The third kappa shape index (κ3) is 0.555. The van der Waals surface area contributed by atoms with Crippen molar-refractivity contribution in [2.75, 3.05) is 7.05 Å². The first-order valence-electron chi connectivity index (χ1n) is 5.42. The van der Waals surface area contributed by atoms with Gasteiger partial charge in [-0.3, -0.25) is 0 Å². The molecule has 1 spiro atoms. The van der Waals surface area contributed by atoms with Crippen molar-refractivity contribution < 1.29 is 0 Å². The van der Waals surface area contributed by atoms with E-state index >= 15 is 0 Å². The fraction of sp³-hybridized carbons (Fsp3) is 1.00. The number of fused-ring (bicyclic) bond motifs is 3. The summed E-state index contributed by atoms with van der Waals surface area (Å²) in [6.07, 6.45) is 7.56. The van der Waals surface area contributed by atoms with Crippen molar-refractivity contribution in [2.45, 2.75) is 44.6 Å². The molecule has 1 nitrogen and oxygen atoms in total. The van der Waals surface area contributed by atoms with Crippen molar-refractivity contribution in [1.82, 2.24) is 5.32 Å². The standard InChI is InChI=1S/C11H19N/c1-10(12-2)8-3-4-9(7-8)11(10)5-6-11/h8-9,12H,3-7H2,1-2H3. The Labute approximate surface area is 74.9 Å². The van der Waals surface area contributed by atoms with Crippen molar-refractivity contribution >= 4 is 0 Å². The van der Waals surface area contributed by atoms with E-state index in [-0.39, 0.29) is 0 Å². The second kappa shape index (κ2) is 1.89. The zero-order valence-corrected chi connectivity index (χ0v) is 8.19. The maximum atomic E-state index is 3.62. The van der Waals surface area contributed by atoms with Crippen LogP contribution in [0.3, 0.4) is 0 Å². The van der Waals surface area contributed by atoms with Crippen LogP contribution < -0.4 is 5.32 Å². The predicted octanol–water partition coefficient (Wildman–Crippen LogP) is 2.17. The maximum Gasteiger partial charge on any atom is 0.0237 e. The van der Waals surface area contributed by atoms with Gasteiger partial charge in [-0.25, -0.2) is 0 Å². The Bertz CT molecular complexity index is 219. The highest BCUT2D eigenvalue weighted by Crippen LogP contribution is 2.72. The molecule has 3 aliphatic carbocycles. The first-order chi connectivity index (χ1) is 5.73. The Hall–Kier alpha value is -0.0400. The van der Waals surface area contributed by atoms with E-state index in [0.29, 0.717) is 5.54 Å². The lowest BCUT2D eigenvalue weighted by Gasteiger charge is -2.42. The summed E-state index contributed by atoms with van der Waals surface area (Å²) in [5, 5.41) is 3.62. The largest absolute Gasteiger partial charge is 0.314 e. The first kappa shape index (κ1) is 7.37. The molecular weight excluding hydrogens is 146 g/mol. The average Bonchev–Trinajstić information content (AvgIpc) is 2.68. The molecule has 3 rings (SSSR count). The lowest BCUT2D eigenvalue weighted by molar-refractivity contribution is 0.135. The number of hydrogen-bond acceptors (Lipinski definition) is 1. The molecule has 68 valence electrons. The smallest absolute Gasteiger partial charge is 0.0237 e. The van der Waals surface area contributed by atoms with Crippen LogP contribution in [0.5, 0.6) is 0 Å². The zero-order valence-electron chi connectivity index (χ0n) is 8.19. The molecule has 0 heterocycles. The second-order valence-corrected chi connectivity index (χ2v) is 5.32. The minimum absolute atomic E-state index is 0.510. The highest BCUT2D eigenvalue weighted by Gasteiger charge is 2.69. The highest BCUT2D eigenvalue weighted by molar-refractivity contribution is 5.23. The molecule has 1 heteroatoms. The molecule has 3 saturated carbocycles. The summed E-state index contributed by atoms with van der Waals surface area (Å²) in [4.78, 5) is 0. The lowest BCUT2D eigenvalue weighted by Crippen LogP contribution is -2.52. The van der Waals surface area contributed by atoms with E-state index in [0.717, 1.165) is 17.3 Å². The van der Waals surface area contributed by atoms with E-state index in [1.165, 1.54) is 32.1 Å². The summed E-state index contributed by atoms with van der Waals surface area (Å²) >= 11 is 0. The molecule has 3 aliphatic rings. The quantitative estimate of drug-likeness (QED) is 0.628. The van der Waals surface area contributed by atoms with Crippen molar-refractivity contribution in [3.05, 3.63) is 0 Å². The van der Waals surface area contributed by atoms with Gasteiger partial charge in [-0.15, -0.1) is 0 Å². The van der Waals surface area contributed by atoms with Crippen LogP contribution in [0.2, 0.25) is 0 Å². The maximum absolute atomic E-state index is 3.62. The molecule has 3 fully saturated rings. The van der Waals surface area contributed by atoms with E-state index in [1.54, 1.807) is 0 Å². The number of nitrogens with one attached hydrogen (secondary N) is 1. The Morgan fingerprint density at radius 2 is 1.83 bits per heavy atom. The van der Waals surface area contributed by atoms with Crippen LogP contribution in [-0.2, 0) is 0 Å². The van der Waals surface area contributed by atoms with Gasteiger partial charge in [0.15, 0.2) is 0 Å². The molecule has 1 N–H and O–H groups in total. The van der Waals surface area contributed by atoms with Gasteiger partial charge in [0.2, 0.25) is 0 Å². The summed E-state index contributed by atoms with van der Waals surface area (Å²) in [7, 11) is 2.17. The fourth-order valence-corrected chi connectivity index (χ4v) is 4.35. The van der Waals surface area contributed by atoms with Crippen LogP contribution in [0.1, 0.15) is 39.0 Å². The van der Waals surface area contributed by atoms with E-state index < -0.39 is 0 Å². The highest BCUT2D eigenvalue weighted by atomic mass is 15.0. The number of hydrogen-bond donors (Lipinski definition) is 1. The topological polar surface area (TPSA) is 12.0 Å². The summed E-state index contributed by atoms with van der Waals surface area (Å²) in [5.41, 5.74) is 1.26. The summed E-state index contributed by atoms with van der Waals surface area (Å²) < 4.78 is 0. The van der Waals surface area contributed by atoms with Gasteiger partial charge in [-0.2, -0.15) is 0 Å². The minimum atomic E-state index is 0.510. The molecule has 12 heavy (non-hydrogen) atoms. The molecule has 0 amide bonds. The van der Waals surface area contributed by atoms with Crippen molar-refractivity contribution in [2.24, 2.45) is 17.3 Å². The van der Waals surface area contributed by atoms with E-state index in [2.05, 4.69) is 19.3 Å². The monoisotopic (exact) mass is 165 g/mol. The molecule has 0 aromatic heterocycles. The average molecular weight is 165 g/mol. The van der Waals surface area contributed by atoms with Crippen molar-refractivity contribution in [3.63, 3.8) is 0 Å². The van der Waals surface area contributed by atoms with Gasteiger partial charge in [0.1, 0.15) is 0 Å². The van der Waals surface area contributed by atoms with Gasteiger partial charge in [0, 0.05) is 5.54 Å². The second-order valence-electron chi connectivity index (χ2n) is 5.32. The molecule has 0 aromatic rings. The predicted molar refractivity (Wildman–Crippen MR) is 50.0 cm³/mol. The molecule has 0 radical (unpaired) electrons. The normalized spacial score (nSPS) is 53.5. The van der Waals surface area contributed by atoms with Crippen molar-refractivity contribution in [1.29, 1.82) is 0 Å². The third-order valence-electron chi connectivity index (χ3n) is 5.37. The molecule has 3 unspecified atom stereocenters. The van der Waals surface area contributed by atoms with Crippen LogP contribution in [0.15, 0.2) is 0 Å². The molecule has 0 aliphatic heterocycles. The SMILES string of the molecule is CNC1(C)C2CCC(C2)C12CC2. The van der Waals surface area contributed by atoms with Gasteiger partial charge >= 0.3 is 0 Å². The van der Waals surface area contributed by atoms with Crippen LogP contribution in [0.4, 0.5) is 0 Å². The van der Waals surface area contributed by atoms with Crippen LogP contribution >= 0.6 is 0 Å². The van der Waals surface area contributed by atoms with Crippen LogP contribution in [0.25, 0.3) is 0 Å². The minimum Gasteiger partial charge on any atom is -0.314 e. The van der Waals surface area contributed by atoms with Gasteiger partial charge in [0.05, 0.1) is 0 Å². The Morgan fingerprint density at radius 3 is 2.33 bits per heavy atom. The van der Waals surface area contributed by atoms with E-state index in [9.17, 15) is 0 Å². The van der Waals surface area contributed by atoms with Gasteiger partial charge in [0.25, 0.3) is 0 Å². The molecule has 3 atom stereocenters. The summed E-state index contributed by atoms with van der Waals surface area (Å²) in [6.45, 7) is 2.48. The molecule has 0 aromatic carbocycles. The van der Waals surface area contributed by atoms with Crippen LogP contribution in [0, 0.1) is 17.3 Å². The first-order valence-corrected chi connectivity index (χ1v) is 5.42. The molecule has 2 bridgehead atoms. The number of rotatable bonds is 1. The summed E-state index contributed by atoms with van der Waals surface area (Å²) in [5.74, 6) is 2.08. The summed E-state index contributed by atoms with van der Waals surface area (Å²) in [6, 6.07) is 0. The Kier molecular flexibility index (Phi) is 1.16. The van der Waals surface area contributed by atoms with Crippen molar-refractivity contribution in [3.8, 4) is 0 Å². The molecule has 0 saturated heterocycles. The third-order valence-corrected chi connectivity index (χ3v) is 5.37. The zero-order chi connectivity index (χ0) is 8.40. The van der Waals surface area contributed by atoms with E-state index in [4.69, 9.17) is 0 Å². The molecular formula is C11H19N. The Morgan fingerprint density at radius 1 is 1.17 bits per heavy atom. The fourth-order valence-electron chi connectivity index (χ4n) is 4.35. The van der Waals surface area contributed by atoms with E-state index in [1.807, 2.05) is 0 Å². The van der Waals surface area contributed by atoms with Gasteiger partial charge < -0.3 is 5.32 Å². The van der Waals surface area contributed by atoms with Crippen LogP contribution in [-0.4, -0.2) is 12.6 Å². The van der Waals surface area contributed by atoms with Gasteiger partial charge in [-0.1, -0.05) is 0 Å². The Balaban J connectivity index is 2.02.